The molecule has 0 aromatic carbocycles. The zero-order valence-electron chi connectivity index (χ0n) is 9.69. The predicted molar refractivity (Wildman–Crippen MR) is 61.2 cm³/mol. The number of hydrogen-bond acceptors (Lipinski definition) is 3. The van der Waals surface area contributed by atoms with Gasteiger partial charge in [-0.25, -0.2) is 0 Å². The van der Waals surface area contributed by atoms with Crippen LogP contribution in [0.25, 0.3) is 0 Å². The Hall–Kier alpha value is -1.10. The van der Waals surface area contributed by atoms with E-state index in [9.17, 15) is 4.79 Å². The Bertz CT molecular complexity index is 294. The van der Waals surface area contributed by atoms with E-state index in [1.165, 1.54) is 0 Å². The van der Waals surface area contributed by atoms with E-state index < -0.39 is 0 Å². The van der Waals surface area contributed by atoms with Crippen molar-refractivity contribution in [1.29, 1.82) is 0 Å². The Morgan fingerprint density at radius 3 is 2.62 bits per heavy atom. The fraction of sp³-hybridized carbons (Fsp3) is 0.818. The van der Waals surface area contributed by atoms with Crippen LogP contribution in [0, 0.1) is 5.92 Å². The molecule has 1 saturated heterocycles. The van der Waals surface area contributed by atoms with Crippen molar-refractivity contribution in [2.45, 2.75) is 25.8 Å². The summed E-state index contributed by atoms with van der Waals surface area (Å²) in [5.41, 5.74) is 5.80. The molecule has 0 radical (unpaired) electrons. The maximum absolute atomic E-state index is 12.0. The van der Waals surface area contributed by atoms with Crippen molar-refractivity contribution >= 4 is 11.7 Å². The van der Waals surface area contributed by atoms with E-state index in [1.54, 1.807) is 4.90 Å². The van der Waals surface area contributed by atoms with Crippen molar-refractivity contribution in [2.24, 2.45) is 16.6 Å². The zero-order valence-corrected chi connectivity index (χ0v) is 9.69. The third-order valence-corrected chi connectivity index (χ3v) is 3.02. The Labute approximate surface area is 95.6 Å². The Balaban J connectivity index is 1.89. The molecule has 1 saturated carbocycles. The lowest BCUT2D eigenvalue weighted by atomic mass is 10.2. The summed E-state index contributed by atoms with van der Waals surface area (Å²) in [4.78, 5) is 18.1. The van der Waals surface area contributed by atoms with E-state index in [4.69, 9.17) is 10.5 Å². The summed E-state index contributed by atoms with van der Waals surface area (Å²) >= 11 is 0. The first-order chi connectivity index (χ1) is 7.68. The largest absolute Gasteiger partial charge is 0.387 e. The van der Waals surface area contributed by atoms with Crippen LogP contribution in [-0.4, -0.2) is 49.0 Å². The number of amidine groups is 1. The summed E-state index contributed by atoms with van der Waals surface area (Å²) in [6, 6.07) is -0.348. The quantitative estimate of drug-likeness (QED) is 0.543. The number of nitrogens with two attached hydrogens (primary N) is 1. The molecule has 5 nitrogen and oxygen atoms in total. The highest BCUT2D eigenvalue weighted by Gasteiger charge is 2.28. The predicted octanol–water partition coefficient (Wildman–Crippen LogP) is 0.000900. The molecule has 2 fully saturated rings. The monoisotopic (exact) mass is 225 g/mol. The molecule has 2 rings (SSSR count). The standard InChI is InChI=1S/C11H19N3O2/c1-8(13-10(12)9-2-3-9)11(15)14-4-6-16-7-5-14/h8-9H,2-7H2,1H3,(H2,12,13). The Kier molecular flexibility index (Phi) is 3.43. The normalized spacial score (nSPS) is 24.3. The Morgan fingerprint density at radius 1 is 1.44 bits per heavy atom. The van der Waals surface area contributed by atoms with Crippen LogP contribution in [0.5, 0.6) is 0 Å². The maximum atomic E-state index is 12.0. The molecule has 1 heterocycles. The van der Waals surface area contributed by atoms with Crippen molar-refractivity contribution in [3.63, 3.8) is 0 Å². The van der Waals surface area contributed by atoms with Crippen LogP contribution in [0.2, 0.25) is 0 Å². The van der Waals surface area contributed by atoms with Gasteiger partial charge in [-0.15, -0.1) is 0 Å². The lowest BCUT2D eigenvalue weighted by Crippen LogP contribution is -2.44. The number of ether oxygens (including phenoxy) is 1. The van der Waals surface area contributed by atoms with Crippen molar-refractivity contribution in [3.05, 3.63) is 0 Å². The molecule has 0 aromatic heterocycles. The molecule has 1 aliphatic heterocycles. The second kappa shape index (κ2) is 4.82. The molecule has 1 amide bonds. The second-order valence-electron chi connectivity index (χ2n) is 4.44. The highest BCUT2D eigenvalue weighted by atomic mass is 16.5. The van der Waals surface area contributed by atoms with Crippen LogP contribution in [0.15, 0.2) is 4.99 Å². The molecular formula is C11H19N3O2. The average Bonchev–Trinajstić information content (AvgIpc) is 3.13. The number of carbonyl (C=O) groups excluding carboxylic acids is 1. The highest BCUT2D eigenvalue weighted by Crippen LogP contribution is 2.29. The lowest BCUT2D eigenvalue weighted by Gasteiger charge is -2.28. The van der Waals surface area contributed by atoms with Crippen LogP contribution >= 0.6 is 0 Å². The summed E-state index contributed by atoms with van der Waals surface area (Å²) < 4.78 is 5.20. The third-order valence-electron chi connectivity index (χ3n) is 3.02. The van der Waals surface area contributed by atoms with Gasteiger partial charge in [-0.3, -0.25) is 9.79 Å². The van der Waals surface area contributed by atoms with Gasteiger partial charge < -0.3 is 15.4 Å². The first-order valence-corrected chi connectivity index (χ1v) is 5.88. The van der Waals surface area contributed by atoms with Crippen LogP contribution in [0.4, 0.5) is 0 Å². The molecule has 0 aromatic rings. The average molecular weight is 225 g/mol. The lowest BCUT2D eigenvalue weighted by molar-refractivity contribution is -0.136. The molecule has 16 heavy (non-hydrogen) atoms. The van der Waals surface area contributed by atoms with Gasteiger partial charge in [0.15, 0.2) is 0 Å². The highest BCUT2D eigenvalue weighted by molar-refractivity contribution is 5.89. The molecule has 0 spiro atoms. The molecule has 2 N–H and O–H groups in total. The van der Waals surface area contributed by atoms with Crippen molar-refractivity contribution in [3.8, 4) is 0 Å². The molecule has 0 bridgehead atoms. The molecule has 1 aliphatic carbocycles. The Morgan fingerprint density at radius 2 is 2.06 bits per heavy atom. The third kappa shape index (κ3) is 2.72. The summed E-state index contributed by atoms with van der Waals surface area (Å²) in [6.07, 6.45) is 2.24. The van der Waals surface area contributed by atoms with Gasteiger partial charge in [-0.1, -0.05) is 0 Å². The smallest absolute Gasteiger partial charge is 0.247 e. The number of hydrogen-bond donors (Lipinski definition) is 1. The van der Waals surface area contributed by atoms with Gasteiger partial charge in [0.25, 0.3) is 0 Å². The second-order valence-corrected chi connectivity index (χ2v) is 4.44. The van der Waals surface area contributed by atoms with Crippen molar-refractivity contribution in [1.82, 2.24) is 4.90 Å². The van der Waals surface area contributed by atoms with Gasteiger partial charge in [-0.2, -0.15) is 0 Å². The molecule has 1 unspecified atom stereocenters. The first-order valence-electron chi connectivity index (χ1n) is 5.88. The molecular weight excluding hydrogens is 206 g/mol. The van der Waals surface area contributed by atoms with E-state index >= 15 is 0 Å². The van der Waals surface area contributed by atoms with Crippen LogP contribution in [-0.2, 0) is 9.53 Å². The number of rotatable bonds is 3. The molecule has 2 aliphatic rings. The topological polar surface area (TPSA) is 67.9 Å². The number of nitrogens with zero attached hydrogens (tertiary/aromatic N) is 2. The van der Waals surface area contributed by atoms with Crippen LogP contribution < -0.4 is 5.73 Å². The zero-order chi connectivity index (χ0) is 11.5. The minimum Gasteiger partial charge on any atom is -0.387 e. The van der Waals surface area contributed by atoms with Gasteiger partial charge in [0.05, 0.1) is 19.0 Å². The summed E-state index contributed by atoms with van der Waals surface area (Å²) in [5.74, 6) is 1.14. The first kappa shape index (κ1) is 11.4. The number of morpholine rings is 1. The summed E-state index contributed by atoms with van der Waals surface area (Å²) in [5, 5.41) is 0. The van der Waals surface area contributed by atoms with Crippen molar-refractivity contribution < 1.29 is 9.53 Å². The SMILES string of the molecule is CC(N=C(N)C1CC1)C(=O)N1CCOCC1. The minimum atomic E-state index is -0.348. The van der Waals surface area contributed by atoms with E-state index in [2.05, 4.69) is 4.99 Å². The van der Waals surface area contributed by atoms with Gasteiger partial charge in [0.2, 0.25) is 5.91 Å². The fourth-order valence-corrected chi connectivity index (χ4v) is 1.81. The fourth-order valence-electron chi connectivity index (χ4n) is 1.81. The van der Waals surface area contributed by atoms with Gasteiger partial charge >= 0.3 is 0 Å². The van der Waals surface area contributed by atoms with Gasteiger partial charge in [-0.05, 0) is 19.8 Å². The minimum absolute atomic E-state index is 0.0619. The summed E-state index contributed by atoms with van der Waals surface area (Å²) in [6.45, 7) is 4.40. The molecule has 5 heteroatoms. The van der Waals surface area contributed by atoms with E-state index in [1.807, 2.05) is 6.92 Å². The van der Waals surface area contributed by atoms with Gasteiger partial charge in [0.1, 0.15) is 6.04 Å². The number of amides is 1. The maximum Gasteiger partial charge on any atom is 0.247 e. The van der Waals surface area contributed by atoms with E-state index in [0.717, 1.165) is 12.8 Å². The van der Waals surface area contributed by atoms with Crippen LogP contribution in [0.3, 0.4) is 0 Å². The number of aliphatic imine (C=N–C) groups is 1. The molecule has 1 atom stereocenters. The van der Waals surface area contributed by atoms with E-state index in [0.29, 0.717) is 38.1 Å². The number of carbonyl (C=O) groups is 1. The van der Waals surface area contributed by atoms with Gasteiger partial charge in [0, 0.05) is 19.0 Å². The van der Waals surface area contributed by atoms with Crippen LogP contribution in [0.1, 0.15) is 19.8 Å². The summed E-state index contributed by atoms with van der Waals surface area (Å²) in [7, 11) is 0. The molecule has 90 valence electrons. The van der Waals surface area contributed by atoms with E-state index in [-0.39, 0.29) is 11.9 Å². The van der Waals surface area contributed by atoms with Crippen molar-refractivity contribution in [2.75, 3.05) is 26.3 Å².